The van der Waals surface area contributed by atoms with Gasteiger partial charge < -0.3 is 15.7 Å². The molecule has 0 unspecified atom stereocenters. The number of benzene rings is 1. The van der Waals surface area contributed by atoms with Crippen LogP contribution in [0.15, 0.2) is 28.7 Å². The van der Waals surface area contributed by atoms with Crippen molar-refractivity contribution >= 4 is 33.6 Å². The summed E-state index contributed by atoms with van der Waals surface area (Å²) in [4.78, 5) is 22.6. The van der Waals surface area contributed by atoms with E-state index in [2.05, 4.69) is 26.6 Å². The average molecular weight is 315 g/mol. The number of halogens is 1. The third-order valence-electron chi connectivity index (χ3n) is 2.34. The van der Waals surface area contributed by atoms with Crippen molar-refractivity contribution in [2.24, 2.45) is 5.92 Å². The van der Waals surface area contributed by atoms with E-state index in [-0.39, 0.29) is 5.92 Å². The number of para-hydroxylation sites is 1. The molecule has 0 aromatic heterocycles. The smallest absolute Gasteiger partial charge is 0.326 e. The van der Waals surface area contributed by atoms with E-state index < -0.39 is 18.0 Å². The van der Waals surface area contributed by atoms with Crippen LogP contribution >= 0.6 is 15.9 Å². The number of carbonyl (C=O) groups excluding carboxylic acids is 1. The van der Waals surface area contributed by atoms with Crippen LogP contribution in [0, 0.1) is 5.92 Å². The van der Waals surface area contributed by atoms with Gasteiger partial charge in [0.15, 0.2) is 0 Å². The lowest BCUT2D eigenvalue weighted by Crippen LogP contribution is -2.46. The number of hydrogen-bond donors (Lipinski definition) is 3. The molecular weight excluding hydrogens is 300 g/mol. The molecular formula is C12H15BrN2O3. The highest BCUT2D eigenvalue weighted by atomic mass is 79.9. The minimum absolute atomic E-state index is 0.188. The summed E-state index contributed by atoms with van der Waals surface area (Å²) in [6, 6.07) is 5.65. The summed E-state index contributed by atoms with van der Waals surface area (Å²) >= 11 is 3.29. The van der Waals surface area contributed by atoms with E-state index in [9.17, 15) is 9.59 Å². The number of carboxylic acids is 1. The van der Waals surface area contributed by atoms with Crippen LogP contribution in [0.4, 0.5) is 10.5 Å². The van der Waals surface area contributed by atoms with Crippen molar-refractivity contribution in [2.45, 2.75) is 19.9 Å². The van der Waals surface area contributed by atoms with Gasteiger partial charge in [-0.15, -0.1) is 0 Å². The summed E-state index contributed by atoms with van der Waals surface area (Å²) in [6.07, 6.45) is 0. The number of rotatable bonds is 4. The number of carbonyl (C=O) groups is 2. The lowest BCUT2D eigenvalue weighted by atomic mass is 10.1. The third kappa shape index (κ3) is 4.03. The molecule has 0 aliphatic heterocycles. The van der Waals surface area contributed by atoms with Gasteiger partial charge in [-0.2, -0.15) is 0 Å². The molecule has 98 valence electrons. The number of hydrogen-bond acceptors (Lipinski definition) is 2. The molecule has 0 heterocycles. The van der Waals surface area contributed by atoms with Crippen molar-refractivity contribution in [2.75, 3.05) is 5.32 Å². The minimum atomic E-state index is -1.05. The molecule has 1 aromatic rings. The molecule has 0 aliphatic rings. The summed E-state index contributed by atoms with van der Waals surface area (Å²) in [6.45, 7) is 3.47. The minimum Gasteiger partial charge on any atom is -0.480 e. The molecule has 6 heteroatoms. The Hall–Kier alpha value is -1.56. The highest BCUT2D eigenvalue weighted by molar-refractivity contribution is 9.10. The first-order chi connectivity index (χ1) is 8.41. The Labute approximate surface area is 114 Å². The zero-order valence-electron chi connectivity index (χ0n) is 10.1. The van der Waals surface area contributed by atoms with Gasteiger partial charge in [0.05, 0.1) is 5.69 Å². The van der Waals surface area contributed by atoms with Crippen molar-refractivity contribution in [3.8, 4) is 0 Å². The van der Waals surface area contributed by atoms with Crippen molar-refractivity contribution in [3.05, 3.63) is 28.7 Å². The quantitative estimate of drug-likeness (QED) is 0.799. The number of aliphatic carboxylic acids is 1. The zero-order valence-corrected chi connectivity index (χ0v) is 11.7. The van der Waals surface area contributed by atoms with Crippen LogP contribution in [0.25, 0.3) is 0 Å². The molecule has 0 radical (unpaired) electrons. The second-order valence-corrected chi connectivity index (χ2v) is 4.99. The predicted molar refractivity (Wildman–Crippen MR) is 72.6 cm³/mol. The summed E-state index contributed by atoms with van der Waals surface area (Å²) in [7, 11) is 0. The molecule has 2 amide bonds. The fourth-order valence-electron chi connectivity index (χ4n) is 1.38. The maximum absolute atomic E-state index is 11.7. The number of nitrogens with one attached hydrogen (secondary N) is 2. The largest absolute Gasteiger partial charge is 0.480 e. The van der Waals surface area contributed by atoms with E-state index in [0.29, 0.717) is 5.69 Å². The van der Waals surface area contributed by atoms with Crippen LogP contribution in [0.2, 0.25) is 0 Å². The van der Waals surface area contributed by atoms with Gasteiger partial charge in [-0.3, -0.25) is 0 Å². The average Bonchev–Trinajstić information content (AvgIpc) is 2.28. The van der Waals surface area contributed by atoms with E-state index in [1.807, 2.05) is 6.07 Å². The van der Waals surface area contributed by atoms with Crippen molar-refractivity contribution in [3.63, 3.8) is 0 Å². The lowest BCUT2D eigenvalue weighted by molar-refractivity contribution is -0.140. The molecule has 1 atom stereocenters. The van der Waals surface area contributed by atoms with Gasteiger partial charge in [0, 0.05) is 4.47 Å². The second-order valence-electron chi connectivity index (χ2n) is 4.14. The second kappa shape index (κ2) is 6.39. The van der Waals surface area contributed by atoms with Crippen LogP contribution in [0.1, 0.15) is 13.8 Å². The highest BCUT2D eigenvalue weighted by Crippen LogP contribution is 2.20. The number of urea groups is 1. The maximum Gasteiger partial charge on any atom is 0.326 e. The van der Waals surface area contributed by atoms with Crippen LogP contribution in [0.5, 0.6) is 0 Å². The van der Waals surface area contributed by atoms with Crippen LogP contribution in [0.3, 0.4) is 0 Å². The first kappa shape index (κ1) is 14.5. The number of anilines is 1. The van der Waals surface area contributed by atoms with Gasteiger partial charge in [-0.25, -0.2) is 9.59 Å². The maximum atomic E-state index is 11.7. The molecule has 0 fully saturated rings. The molecule has 0 saturated heterocycles. The van der Waals surface area contributed by atoms with Crippen molar-refractivity contribution in [1.29, 1.82) is 0 Å². The Bertz CT molecular complexity index is 449. The Morgan fingerprint density at radius 2 is 1.89 bits per heavy atom. The Kier molecular flexibility index (Phi) is 5.15. The first-order valence-corrected chi connectivity index (χ1v) is 6.26. The van der Waals surface area contributed by atoms with Crippen LogP contribution in [-0.2, 0) is 4.79 Å². The summed E-state index contributed by atoms with van der Waals surface area (Å²) < 4.78 is 0.733. The van der Waals surface area contributed by atoms with Gasteiger partial charge in [-0.1, -0.05) is 26.0 Å². The molecule has 0 saturated carbocycles. The van der Waals surface area contributed by atoms with E-state index in [1.54, 1.807) is 32.0 Å². The molecule has 1 aromatic carbocycles. The fraction of sp³-hybridized carbons (Fsp3) is 0.333. The predicted octanol–water partition coefficient (Wildman–Crippen LogP) is 2.68. The zero-order chi connectivity index (χ0) is 13.7. The molecule has 0 aliphatic carbocycles. The molecule has 0 bridgehead atoms. The normalized spacial score (nSPS) is 12.0. The monoisotopic (exact) mass is 314 g/mol. The Balaban J connectivity index is 2.67. The van der Waals surface area contributed by atoms with E-state index in [0.717, 1.165) is 4.47 Å². The molecule has 5 nitrogen and oxygen atoms in total. The fourth-order valence-corrected chi connectivity index (χ4v) is 1.76. The van der Waals surface area contributed by atoms with Gasteiger partial charge in [0.2, 0.25) is 0 Å². The summed E-state index contributed by atoms with van der Waals surface area (Å²) in [5.74, 6) is -1.24. The Morgan fingerprint density at radius 3 is 2.39 bits per heavy atom. The first-order valence-electron chi connectivity index (χ1n) is 5.46. The van der Waals surface area contributed by atoms with E-state index >= 15 is 0 Å². The van der Waals surface area contributed by atoms with Gasteiger partial charge in [-0.05, 0) is 34.0 Å². The molecule has 1 rings (SSSR count). The topological polar surface area (TPSA) is 78.4 Å². The van der Waals surface area contributed by atoms with Gasteiger partial charge in [0.1, 0.15) is 6.04 Å². The van der Waals surface area contributed by atoms with Crippen LogP contribution < -0.4 is 10.6 Å². The molecule has 3 N–H and O–H groups in total. The van der Waals surface area contributed by atoms with Crippen molar-refractivity contribution in [1.82, 2.24) is 5.32 Å². The van der Waals surface area contributed by atoms with Crippen LogP contribution in [-0.4, -0.2) is 23.1 Å². The standard InChI is InChI=1S/C12H15BrN2O3/c1-7(2)10(11(16)17)15-12(18)14-9-6-4-3-5-8(9)13/h3-7,10H,1-2H3,(H,16,17)(H2,14,15,18)/t10-/m0/s1. The number of carboxylic acid groups (broad SMARTS) is 1. The number of amides is 2. The van der Waals surface area contributed by atoms with E-state index in [1.165, 1.54) is 0 Å². The SMILES string of the molecule is CC(C)[C@H](NC(=O)Nc1ccccc1Br)C(=O)O. The van der Waals surface area contributed by atoms with Gasteiger partial charge in [0.25, 0.3) is 0 Å². The molecule has 18 heavy (non-hydrogen) atoms. The summed E-state index contributed by atoms with van der Waals surface area (Å²) in [5.41, 5.74) is 0.586. The van der Waals surface area contributed by atoms with Gasteiger partial charge >= 0.3 is 12.0 Å². The molecule has 0 spiro atoms. The third-order valence-corrected chi connectivity index (χ3v) is 3.03. The Morgan fingerprint density at radius 1 is 1.28 bits per heavy atom. The van der Waals surface area contributed by atoms with E-state index in [4.69, 9.17) is 5.11 Å². The highest BCUT2D eigenvalue weighted by Gasteiger charge is 2.23. The summed E-state index contributed by atoms with van der Waals surface area (Å²) in [5, 5.41) is 14.0. The lowest BCUT2D eigenvalue weighted by Gasteiger charge is -2.18. The van der Waals surface area contributed by atoms with Crippen molar-refractivity contribution < 1.29 is 14.7 Å².